The van der Waals surface area contributed by atoms with Crippen LogP contribution < -0.4 is 4.74 Å². The van der Waals surface area contributed by atoms with Crippen molar-refractivity contribution in [1.29, 1.82) is 0 Å². The fourth-order valence-electron chi connectivity index (χ4n) is 2.45. The van der Waals surface area contributed by atoms with Crippen LogP contribution in [0.5, 0.6) is 5.75 Å². The summed E-state index contributed by atoms with van der Waals surface area (Å²) in [5, 5.41) is 9.49. The van der Waals surface area contributed by atoms with E-state index in [1.54, 1.807) is 7.11 Å². The van der Waals surface area contributed by atoms with Gasteiger partial charge in [0.1, 0.15) is 5.75 Å². The highest BCUT2D eigenvalue weighted by Gasteiger charge is 2.54. The van der Waals surface area contributed by atoms with Gasteiger partial charge in [0.25, 0.3) is 0 Å². The number of benzene rings is 1. The number of hydrogen-bond acceptors (Lipinski definition) is 2. The maximum atomic E-state index is 11.6. The average molecular weight is 327 g/mol. The summed E-state index contributed by atoms with van der Waals surface area (Å²) in [6.45, 7) is 6.30. The molecule has 1 aromatic rings. The number of halogens is 1. The van der Waals surface area contributed by atoms with E-state index in [-0.39, 0.29) is 5.41 Å². The molecule has 1 aliphatic rings. The number of ether oxygens (including phenoxy) is 1. The lowest BCUT2D eigenvalue weighted by Gasteiger charge is -2.26. The first-order valence-electron chi connectivity index (χ1n) is 6.34. The molecule has 104 valence electrons. The molecular formula is C15H19BrO3. The van der Waals surface area contributed by atoms with Crippen molar-refractivity contribution in [3.63, 3.8) is 0 Å². The minimum absolute atomic E-state index is 0.0988. The lowest BCUT2D eigenvalue weighted by Crippen LogP contribution is -2.23. The molecule has 0 saturated heterocycles. The minimum Gasteiger partial charge on any atom is -0.496 e. The molecule has 0 aromatic heterocycles. The molecule has 0 atom stereocenters. The molecule has 0 spiro atoms. The average Bonchev–Trinajstić information content (AvgIpc) is 3.07. The Morgan fingerprint density at radius 2 is 1.95 bits per heavy atom. The van der Waals surface area contributed by atoms with Crippen LogP contribution in [0.1, 0.15) is 44.7 Å². The summed E-state index contributed by atoms with van der Waals surface area (Å²) in [6.07, 6.45) is 1.36. The minimum atomic E-state index is -0.760. The van der Waals surface area contributed by atoms with Gasteiger partial charge in [-0.3, -0.25) is 4.79 Å². The first-order chi connectivity index (χ1) is 8.72. The summed E-state index contributed by atoms with van der Waals surface area (Å²) in [5.74, 6) is -0.0423. The summed E-state index contributed by atoms with van der Waals surface area (Å²) in [5.41, 5.74) is 0.974. The summed E-state index contributed by atoms with van der Waals surface area (Å²) in [6, 6.07) is 3.90. The number of rotatable bonds is 3. The van der Waals surface area contributed by atoms with Gasteiger partial charge >= 0.3 is 5.97 Å². The number of carboxylic acid groups (broad SMARTS) is 1. The predicted octanol–water partition coefficient (Wildman–Crippen LogP) is 3.87. The van der Waals surface area contributed by atoms with Crippen molar-refractivity contribution in [2.75, 3.05) is 7.11 Å². The standard InChI is InChI=1S/C15H19BrO3/c1-14(2,3)10-7-9(16)8-11(12(10)19-4)15(5-6-15)13(17)18/h7-8H,5-6H2,1-4H3,(H,17,18). The first-order valence-corrected chi connectivity index (χ1v) is 7.13. The number of methoxy groups -OCH3 is 1. The van der Waals surface area contributed by atoms with Gasteiger partial charge in [0.2, 0.25) is 0 Å². The number of aliphatic carboxylic acids is 1. The van der Waals surface area contributed by atoms with E-state index in [1.807, 2.05) is 12.1 Å². The van der Waals surface area contributed by atoms with Crippen molar-refractivity contribution in [1.82, 2.24) is 0 Å². The molecule has 1 aliphatic carbocycles. The Labute approximate surface area is 122 Å². The molecule has 4 heteroatoms. The van der Waals surface area contributed by atoms with Gasteiger partial charge in [-0.2, -0.15) is 0 Å². The SMILES string of the molecule is COc1c(C(C)(C)C)cc(Br)cc1C1(C(=O)O)CC1. The molecule has 0 heterocycles. The van der Waals surface area contributed by atoms with E-state index in [2.05, 4.69) is 36.7 Å². The van der Waals surface area contributed by atoms with Crippen molar-refractivity contribution in [3.05, 3.63) is 27.7 Å². The second-order valence-electron chi connectivity index (χ2n) is 6.17. The maximum Gasteiger partial charge on any atom is 0.314 e. The Balaban J connectivity index is 2.69. The summed E-state index contributed by atoms with van der Waals surface area (Å²) in [4.78, 5) is 11.6. The van der Waals surface area contributed by atoms with Crippen LogP contribution in [-0.4, -0.2) is 18.2 Å². The fraction of sp³-hybridized carbons (Fsp3) is 0.533. The zero-order chi connectivity index (χ0) is 14.4. The Kier molecular flexibility index (Phi) is 3.42. The van der Waals surface area contributed by atoms with E-state index in [4.69, 9.17) is 4.74 Å². The van der Waals surface area contributed by atoms with Gasteiger partial charge < -0.3 is 9.84 Å². The van der Waals surface area contributed by atoms with Crippen molar-refractivity contribution in [3.8, 4) is 5.75 Å². The van der Waals surface area contributed by atoms with Gasteiger partial charge in [0.15, 0.2) is 0 Å². The van der Waals surface area contributed by atoms with Crippen molar-refractivity contribution >= 4 is 21.9 Å². The van der Waals surface area contributed by atoms with Gasteiger partial charge in [0.05, 0.1) is 12.5 Å². The Bertz CT molecular complexity index is 525. The molecular weight excluding hydrogens is 308 g/mol. The third kappa shape index (κ3) is 2.38. The van der Waals surface area contributed by atoms with E-state index in [0.29, 0.717) is 12.8 Å². The molecule has 1 fully saturated rings. The molecule has 3 nitrogen and oxygen atoms in total. The molecule has 0 radical (unpaired) electrons. The topological polar surface area (TPSA) is 46.5 Å². The summed E-state index contributed by atoms with van der Waals surface area (Å²) < 4.78 is 6.45. The normalized spacial score (nSPS) is 17.1. The smallest absolute Gasteiger partial charge is 0.314 e. The second-order valence-corrected chi connectivity index (χ2v) is 7.09. The van der Waals surface area contributed by atoms with Crippen LogP contribution in [-0.2, 0) is 15.6 Å². The van der Waals surface area contributed by atoms with Crippen LogP contribution in [0.25, 0.3) is 0 Å². The second kappa shape index (κ2) is 4.51. The van der Waals surface area contributed by atoms with Crippen LogP contribution in [0.4, 0.5) is 0 Å². The monoisotopic (exact) mass is 326 g/mol. The Morgan fingerprint density at radius 1 is 1.37 bits per heavy atom. The number of carboxylic acids is 1. The summed E-state index contributed by atoms with van der Waals surface area (Å²) in [7, 11) is 1.61. The third-order valence-corrected chi connectivity index (χ3v) is 4.20. The number of carbonyl (C=O) groups is 1. The zero-order valence-corrected chi connectivity index (χ0v) is 13.3. The molecule has 1 saturated carbocycles. The maximum absolute atomic E-state index is 11.6. The van der Waals surface area contributed by atoms with Crippen LogP contribution in [0.3, 0.4) is 0 Å². The lowest BCUT2D eigenvalue weighted by atomic mass is 9.82. The molecule has 19 heavy (non-hydrogen) atoms. The van der Waals surface area contributed by atoms with Gasteiger partial charge in [-0.25, -0.2) is 0 Å². The lowest BCUT2D eigenvalue weighted by molar-refractivity contribution is -0.140. The summed E-state index contributed by atoms with van der Waals surface area (Å²) >= 11 is 3.49. The van der Waals surface area contributed by atoms with Crippen LogP contribution in [0, 0.1) is 0 Å². The van der Waals surface area contributed by atoms with Gasteiger partial charge in [-0.15, -0.1) is 0 Å². The molecule has 0 amide bonds. The van der Waals surface area contributed by atoms with E-state index in [1.165, 1.54) is 0 Å². The Morgan fingerprint density at radius 3 is 2.32 bits per heavy atom. The fourth-order valence-corrected chi connectivity index (χ4v) is 2.91. The predicted molar refractivity (Wildman–Crippen MR) is 77.9 cm³/mol. The highest BCUT2D eigenvalue weighted by atomic mass is 79.9. The molecule has 0 bridgehead atoms. The van der Waals surface area contributed by atoms with Crippen molar-refractivity contribution < 1.29 is 14.6 Å². The number of hydrogen-bond donors (Lipinski definition) is 1. The van der Waals surface area contributed by atoms with E-state index >= 15 is 0 Å². The highest BCUT2D eigenvalue weighted by molar-refractivity contribution is 9.10. The van der Waals surface area contributed by atoms with Crippen molar-refractivity contribution in [2.45, 2.75) is 44.4 Å². The molecule has 0 aliphatic heterocycles. The van der Waals surface area contributed by atoms with Crippen LogP contribution >= 0.6 is 15.9 Å². The van der Waals surface area contributed by atoms with E-state index in [9.17, 15) is 9.90 Å². The quantitative estimate of drug-likeness (QED) is 0.917. The molecule has 0 unspecified atom stereocenters. The highest BCUT2D eigenvalue weighted by Crippen LogP contribution is 2.54. The molecule has 1 aromatic carbocycles. The third-order valence-electron chi connectivity index (χ3n) is 3.74. The van der Waals surface area contributed by atoms with Crippen LogP contribution in [0.2, 0.25) is 0 Å². The van der Waals surface area contributed by atoms with E-state index < -0.39 is 11.4 Å². The van der Waals surface area contributed by atoms with Gasteiger partial charge in [-0.05, 0) is 30.4 Å². The van der Waals surface area contributed by atoms with Crippen molar-refractivity contribution in [2.24, 2.45) is 0 Å². The van der Waals surface area contributed by atoms with Gasteiger partial charge in [0, 0.05) is 15.6 Å². The van der Waals surface area contributed by atoms with E-state index in [0.717, 1.165) is 21.3 Å². The molecule has 2 rings (SSSR count). The Hall–Kier alpha value is -1.03. The van der Waals surface area contributed by atoms with Gasteiger partial charge in [-0.1, -0.05) is 36.7 Å². The largest absolute Gasteiger partial charge is 0.496 e. The first kappa shape index (κ1) is 14.4. The zero-order valence-electron chi connectivity index (χ0n) is 11.7. The van der Waals surface area contributed by atoms with Crippen LogP contribution in [0.15, 0.2) is 16.6 Å². The molecule has 1 N–H and O–H groups in total.